The second-order valence-corrected chi connectivity index (χ2v) is 3.74. The summed E-state index contributed by atoms with van der Waals surface area (Å²) < 4.78 is 5.72. The number of ether oxygens (including phenoxy) is 1. The van der Waals surface area contributed by atoms with Gasteiger partial charge in [0.15, 0.2) is 11.5 Å². The number of fused-ring (bicyclic) bond motifs is 2. The van der Waals surface area contributed by atoms with Gasteiger partial charge in [-0.05, 0) is 30.3 Å². The number of benzene rings is 2. The molecule has 0 atom stereocenters. The standard InChI is InChI=1S/C12H11N3O/c13-7-2-4-11-10(5-7)15-9-3-1-8(14)6-12(9)16-11/h1-6,15H,13-14H2. The van der Waals surface area contributed by atoms with Crippen molar-refractivity contribution >= 4 is 22.7 Å². The fourth-order valence-electron chi connectivity index (χ4n) is 1.72. The van der Waals surface area contributed by atoms with Gasteiger partial charge in [0, 0.05) is 17.4 Å². The van der Waals surface area contributed by atoms with Gasteiger partial charge in [0.2, 0.25) is 0 Å². The van der Waals surface area contributed by atoms with E-state index >= 15 is 0 Å². The number of hydrogen-bond donors (Lipinski definition) is 3. The second-order valence-electron chi connectivity index (χ2n) is 3.74. The maximum Gasteiger partial charge on any atom is 0.153 e. The molecule has 1 aliphatic heterocycles. The number of hydrogen-bond acceptors (Lipinski definition) is 4. The predicted molar refractivity (Wildman–Crippen MR) is 65.1 cm³/mol. The SMILES string of the molecule is Nc1ccc2c(c1)Nc1ccc(N)cc1O2. The number of rotatable bonds is 0. The van der Waals surface area contributed by atoms with Crippen LogP contribution in [0.25, 0.3) is 0 Å². The van der Waals surface area contributed by atoms with Gasteiger partial charge in [-0.1, -0.05) is 0 Å². The topological polar surface area (TPSA) is 73.3 Å². The maximum atomic E-state index is 5.72. The third-order valence-electron chi connectivity index (χ3n) is 2.50. The Balaban J connectivity index is 2.09. The quantitative estimate of drug-likeness (QED) is 0.502. The Labute approximate surface area is 92.8 Å². The summed E-state index contributed by atoms with van der Waals surface area (Å²) in [6.07, 6.45) is 0. The van der Waals surface area contributed by atoms with E-state index in [0.29, 0.717) is 11.4 Å². The molecule has 0 unspecified atom stereocenters. The minimum absolute atomic E-state index is 0.680. The van der Waals surface area contributed by atoms with Gasteiger partial charge in [-0.3, -0.25) is 0 Å². The Morgan fingerprint density at radius 3 is 2.44 bits per heavy atom. The van der Waals surface area contributed by atoms with Gasteiger partial charge in [-0.15, -0.1) is 0 Å². The zero-order valence-electron chi connectivity index (χ0n) is 8.53. The van der Waals surface area contributed by atoms with E-state index in [0.717, 1.165) is 22.9 Å². The van der Waals surface area contributed by atoms with Gasteiger partial charge in [-0.2, -0.15) is 0 Å². The van der Waals surface area contributed by atoms with Crippen molar-refractivity contribution in [2.75, 3.05) is 16.8 Å². The molecule has 1 heterocycles. The van der Waals surface area contributed by atoms with Gasteiger partial charge >= 0.3 is 0 Å². The summed E-state index contributed by atoms with van der Waals surface area (Å²) in [7, 11) is 0. The molecule has 0 spiro atoms. The van der Waals surface area contributed by atoms with Crippen LogP contribution in [0.3, 0.4) is 0 Å². The van der Waals surface area contributed by atoms with Gasteiger partial charge in [0.05, 0.1) is 11.4 Å². The highest BCUT2D eigenvalue weighted by molar-refractivity contribution is 5.78. The summed E-state index contributed by atoms with van der Waals surface area (Å²) in [4.78, 5) is 0. The van der Waals surface area contributed by atoms with Crippen LogP contribution in [0.1, 0.15) is 0 Å². The predicted octanol–water partition coefficient (Wildman–Crippen LogP) is 2.70. The lowest BCUT2D eigenvalue weighted by Gasteiger charge is -2.22. The van der Waals surface area contributed by atoms with Gasteiger partial charge in [0.1, 0.15) is 0 Å². The number of nitrogen functional groups attached to an aromatic ring is 2. The molecule has 0 aromatic heterocycles. The van der Waals surface area contributed by atoms with Crippen LogP contribution >= 0.6 is 0 Å². The minimum atomic E-state index is 0.680. The second kappa shape index (κ2) is 3.06. The van der Waals surface area contributed by atoms with Crippen molar-refractivity contribution in [2.45, 2.75) is 0 Å². The highest BCUT2D eigenvalue weighted by atomic mass is 16.5. The monoisotopic (exact) mass is 213 g/mol. The molecule has 0 radical (unpaired) electrons. The van der Waals surface area contributed by atoms with Crippen LogP contribution in [0.15, 0.2) is 36.4 Å². The fourth-order valence-corrected chi connectivity index (χ4v) is 1.72. The third kappa shape index (κ3) is 1.32. The fraction of sp³-hybridized carbons (Fsp3) is 0. The van der Waals surface area contributed by atoms with E-state index in [4.69, 9.17) is 16.2 Å². The molecule has 0 saturated carbocycles. The number of nitrogens with two attached hydrogens (primary N) is 2. The zero-order valence-corrected chi connectivity index (χ0v) is 8.53. The molecule has 3 rings (SSSR count). The van der Waals surface area contributed by atoms with Gasteiger partial charge < -0.3 is 21.5 Å². The molecule has 0 saturated heterocycles. The average Bonchev–Trinajstić information content (AvgIpc) is 2.26. The molecule has 0 bridgehead atoms. The largest absolute Gasteiger partial charge is 0.453 e. The first-order chi connectivity index (χ1) is 7.72. The number of anilines is 4. The molecule has 4 nitrogen and oxygen atoms in total. The van der Waals surface area contributed by atoms with Crippen molar-refractivity contribution in [3.05, 3.63) is 36.4 Å². The van der Waals surface area contributed by atoms with E-state index in [9.17, 15) is 0 Å². The first-order valence-electron chi connectivity index (χ1n) is 4.96. The average molecular weight is 213 g/mol. The molecule has 0 fully saturated rings. The molecule has 2 aromatic rings. The zero-order chi connectivity index (χ0) is 11.1. The molecule has 2 aromatic carbocycles. The highest BCUT2D eigenvalue weighted by Gasteiger charge is 2.16. The summed E-state index contributed by atoms with van der Waals surface area (Å²) in [6.45, 7) is 0. The Morgan fingerprint density at radius 2 is 1.56 bits per heavy atom. The molecule has 5 N–H and O–H groups in total. The first kappa shape index (κ1) is 8.91. The van der Waals surface area contributed by atoms with Crippen molar-refractivity contribution in [1.82, 2.24) is 0 Å². The van der Waals surface area contributed by atoms with E-state index < -0.39 is 0 Å². The van der Waals surface area contributed by atoms with Crippen molar-refractivity contribution in [3.63, 3.8) is 0 Å². The molecular weight excluding hydrogens is 202 g/mol. The molecule has 0 amide bonds. The molecule has 80 valence electrons. The highest BCUT2D eigenvalue weighted by Crippen LogP contribution is 2.43. The summed E-state index contributed by atoms with van der Waals surface area (Å²) in [6, 6.07) is 11.0. The Bertz CT molecular complexity index is 515. The lowest BCUT2D eigenvalue weighted by atomic mass is 10.2. The smallest absolute Gasteiger partial charge is 0.153 e. The summed E-state index contributed by atoms with van der Waals surface area (Å²) in [5.41, 5.74) is 14.6. The Hall–Kier alpha value is -2.36. The van der Waals surface area contributed by atoms with Crippen molar-refractivity contribution in [1.29, 1.82) is 0 Å². The van der Waals surface area contributed by atoms with E-state index in [1.807, 2.05) is 24.3 Å². The van der Waals surface area contributed by atoms with E-state index in [2.05, 4.69) is 5.32 Å². The Kier molecular flexibility index (Phi) is 1.71. The van der Waals surface area contributed by atoms with Crippen LogP contribution in [-0.4, -0.2) is 0 Å². The third-order valence-corrected chi connectivity index (χ3v) is 2.50. The Morgan fingerprint density at radius 1 is 0.812 bits per heavy atom. The van der Waals surface area contributed by atoms with Crippen molar-refractivity contribution < 1.29 is 4.74 Å². The normalized spacial score (nSPS) is 12.0. The number of nitrogens with one attached hydrogen (secondary N) is 1. The van der Waals surface area contributed by atoms with Crippen LogP contribution < -0.4 is 21.5 Å². The molecule has 4 heteroatoms. The molecule has 0 aliphatic carbocycles. The van der Waals surface area contributed by atoms with Crippen LogP contribution in [0.5, 0.6) is 11.5 Å². The summed E-state index contributed by atoms with van der Waals surface area (Å²) >= 11 is 0. The van der Waals surface area contributed by atoms with Crippen molar-refractivity contribution in [2.24, 2.45) is 0 Å². The molecule has 16 heavy (non-hydrogen) atoms. The van der Waals surface area contributed by atoms with Crippen LogP contribution in [0, 0.1) is 0 Å². The van der Waals surface area contributed by atoms with E-state index in [1.54, 1.807) is 12.1 Å². The molecule has 1 aliphatic rings. The van der Waals surface area contributed by atoms with Crippen molar-refractivity contribution in [3.8, 4) is 11.5 Å². The lowest BCUT2D eigenvalue weighted by molar-refractivity contribution is 0.481. The van der Waals surface area contributed by atoms with Gasteiger partial charge in [-0.25, -0.2) is 0 Å². The van der Waals surface area contributed by atoms with E-state index in [1.165, 1.54) is 0 Å². The van der Waals surface area contributed by atoms with Crippen LogP contribution in [0.4, 0.5) is 22.7 Å². The lowest BCUT2D eigenvalue weighted by Crippen LogP contribution is -2.03. The van der Waals surface area contributed by atoms with Crippen LogP contribution in [0.2, 0.25) is 0 Å². The van der Waals surface area contributed by atoms with Crippen LogP contribution in [-0.2, 0) is 0 Å². The summed E-state index contributed by atoms with van der Waals surface area (Å²) in [5.74, 6) is 1.49. The summed E-state index contributed by atoms with van der Waals surface area (Å²) in [5, 5.41) is 3.25. The molecular formula is C12H11N3O. The first-order valence-corrected chi connectivity index (χ1v) is 4.96. The van der Waals surface area contributed by atoms with E-state index in [-0.39, 0.29) is 0 Å². The maximum absolute atomic E-state index is 5.72. The minimum Gasteiger partial charge on any atom is -0.453 e. The van der Waals surface area contributed by atoms with Gasteiger partial charge in [0.25, 0.3) is 0 Å².